The Balaban J connectivity index is 3.13. The van der Waals surface area contributed by atoms with Gasteiger partial charge in [-0.2, -0.15) is 4.39 Å². The van der Waals surface area contributed by atoms with Crippen molar-refractivity contribution in [3.05, 3.63) is 23.6 Å². The lowest BCUT2D eigenvalue weighted by Crippen LogP contribution is -2.18. The van der Waals surface area contributed by atoms with Crippen molar-refractivity contribution in [1.29, 1.82) is 0 Å². The molecule has 1 heterocycles. The lowest BCUT2D eigenvalue weighted by atomic mass is 10.0. The van der Waals surface area contributed by atoms with Gasteiger partial charge in [-0.15, -0.1) is 11.8 Å². The highest BCUT2D eigenvalue weighted by Gasteiger charge is 2.21. The lowest BCUT2D eigenvalue weighted by Gasteiger charge is -2.17. The second-order valence-electron chi connectivity index (χ2n) is 3.25. The molecule has 0 aromatic carbocycles. The third-order valence-electron chi connectivity index (χ3n) is 1.69. The van der Waals surface area contributed by atoms with Gasteiger partial charge in [-0.25, -0.2) is 4.98 Å². The second-order valence-corrected chi connectivity index (χ2v) is 4.08. The van der Waals surface area contributed by atoms with Crippen molar-refractivity contribution in [2.24, 2.45) is 0 Å². The molecule has 0 aliphatic carbocycles. The average Bonchev–Trinajstić information content (AvgIpc) is 2.01. The molecule has 2 nitrogen and oxygen atoms in total. The molecule has 0 saturated carbocycles. The van der Waals surface area contributed by atoms with Crippen LogP contribution in [0.15, 0.2) is 17.2 Å². The minimum atomic E-state index is -1.17. The summed E-state index contributed by atoms with van der Waals surface area (Å²) in [4.78, 5) is 3.69. The molecule has 0 spiro atoms. The van der Waals surface area contributed by atoms with Crippen LogP contribution >= 0.6 is 11.8 Å². The van der Waals surface area contributed by atoms with Gasteiger partial charge in [0.1, 0.15) is 0 Å². The first-order valence-corrected chi connectivity index (χ1v) is 5.11. The van der Waals surface area contributed by atoms with Crippen molar-refractivity contribution in [1.82, 2.24) is 4.98 Å². The molecule has 1 N–H and O–H groups in total. The highest BCUT2D eigenvalue weighted by Crippen LogP contribution is 2.23. The molecule has 0 unspecified atom stereocenters. The van der Waals surface area contributed by atoms with Gasteiger partial charge in [-0.1, -0.05) is 0 Å². The molecule has 1 aromatic rings. The number of nitrogens with zero attached hydrogens (tertiary/aromatic N) is 1. The zero-order valence-corrected chi connectivity index (χ0v) is 8.65. The number of hydrogen-bond acceptors (Lipinski definition) is 3. The SMILES string of the molecule is CSc1ccc(C(C)(C)O)c(F)n1. The van der Waals surface area contributed by atoms with Gasteiger partial charge in [0, 0.05) is 5.56 Å². The molecular formula is C9H12FNOS. The third-order valence-corrected chi connectivity index (χ3v) is 2.34. The molecule has 0 saturated heterocycles. The van der Waals surface area contributed by atoms with Crippen LogP contribution in [0.3, 0.4) is 0 Å². The predicted octanol–water partition coefficient (Wildman–Crippen LogP) is 2.17. The van der Waals surface area contributed by atoms with E-state index in [4.69, 9.17) is 0 Å². The Bertz CT molecular complexity index is 309. The smallest absolute Gasteiger partial charge is 0.220 e. The van der Waals surface area contributed by atoms with E-state index in [0.29, 0.717) is 5.03 Å². The van der Waals surface area contributed by atoms with E-state index >= 15 is 0 Å². The van der Waals surface area contributed by atoms with Gasteiger partial charge in [0.25, 0.3) is 0 Å². The van der Waals surface area contributed by atoms with Gasteiger partial charge in [-0.05, 0) is 32.2 Å². The van der Waals surface area contributed by atoms with E-state index in [9.17, 15) is 9.50 Å². The first-order valence-electron chi connectivity index (χ1n) is 3.88. The van der Waals surface area contributed by atoms with Crippen molar-refractivity contribution in [3.8, 4) is 0 Å². The fourth-order valence-electron chi connectivity index (χ4n) is 0.988. The fourth-order valence-corrected chi connectivity index (χ4v) is 1.36. The van der Waals surface area contributed by atoms with Crippen LogP contribution in [-0.4, -0.2) is 16.3 Å². The Labute approximate surface area is 81.2 Å². The second kappa shape index (κ2) is 3.64. The Morgan fingerprint density at radius 1 is 1.46 bits per heavy atom. The highest BCUT2D eigenvalue weighted by molar-refractivity contribution is 7.98. The number of aromatic nitrogens is 1. The molecule has 72 valence electrons. The van der Waals surface area contributed by atoms with E-state index in [1.807, 2.05) is 6.26 Å². The summed E-state index contributed by atoms with van der Waals surface area (Å²) in [5.74, 6) is -0.598. The normalized spacial score (nSPS) is 11.8. The van der Waals surface area contributed by atoms with E-state index in [1.54, 1.807) is 12.1 Å². The van der Waals surface area contributed by atoms with E-state index in [2.05, 4.69) is 4.98 Å². The quantitative estimate of drug-likeness (QED) is 0.588. The summed E-state index contributed by atoms with van der Waals surface area (Å²) in [6, 6.07) is 3.26. The largest absolute Gasteiger partial charge is 0.386 e. The van der Waals surface area contributed by atoms with E-state index in [-0.39, 0.29) is 5.56 Å². The maximum Gasteiger partial charge on any atom is 0.220 e. The van der Waals surface area contributed by atoms with Gasteiger partial charge in [-0.3, -0.25) is 0 Å². The predicted molar refractivity (Wildman–Crippen MR) is 51.2 cm³/mol. The Morgan fingerprint density at radius 3 is 2.46 bits per heavy atom. The fraction of sp³-hybridized carbons (Fsp3) is 0.444. The zero-order chi connectivity index (χ0) is 10.1. The molecule has 0 aliphatic rings. The van der Waals surface area contributed by atoms with Crippen LogP contribution < -0.4 is 0 Å². The van der Waals surface area contributed by atoms with Crippen LogP contribution in [0.1, 0.15) is 19.4 Å². The van der Waals surface area contributed by atoms with Crippen LogP contribution in [0.2, 0.25) is 0 Å². The van der Waals surface area contributed by atoms with Crippen LogP contribution in [0.5, 0.6) is 0 Å². The van der Waals surface area contributed by atoms with Crippen molar-refractivity contribution in [2.45, 2.75) is 24.5 Å². The van der Waals surface area contributed by atoms with Crippen molar-refractivity contribution >= 4 is 11.8 Å². The standard InChI is InChI=1S/C9H12FNOS/c1-9(2,12)6-4-5-7(13-3)11-8(6)10/h4-5,12H,1-3H3. The number of aliphatic hydroxyl groups is 1. The monoisotopic (exact) mass is 201 g/mol. The number of thioether (sulfide) groups is 1. The third kappa shape index (κ3) is 2.42. The minimum absolute atomic E-state index is 0.227. The summed E-state index contributed by atoms with van der Waals surface area (Å²) in [6.45, 7) is 3.07. The molecule has 0 amide bonds. The van der Waals surface area contributed by atoms with Gasteiger partial charge in [0.2, 0.25) is 5.95 Å². The topological polar surface area (TPSA) is 33.1 Å². The molecule has 4 heteroatoms. The summed E-state index contributed by atoms with van der Waals surface area (Å²) >= 11 is 1.37. The zero-order valence-electron chi connectivity index (χ0n) is 7.84. The lowest BCUT2D eigenvalue weighted by molar-refractivity contribution is 0.0734. The number of rotatable bonds is 2. The van der Waals surface area contributed by atoms with Gasteiger partial charge < -0.3 is 5.11 Å². The Kier molecular flexibility index (Phi) is 2.93. The van der Waals surface area contributed by atoms with Gasteiger partial charge >= 0.3 is 0 Å². The summed E-state index contributed by atoms with van der Waals surface area (Å²) in [5, 5.41) is 10.2. The molecule has 1 aromatic heterocycles. The number of pyridine rings is 1. The van der Waals surface area contributed by atoms with Crippen molar-refractivity contribution in [3.63, 3.8) is 0 Å². The molecule has 0 fully saturated rings. The molecule has 1 rings (SSSR count). The molecule has 0 bridgehead atoms. The summed E-state index contributed by atoms with van der Waals surface area (Å²) in [6.07, 6.45) is 1.82. The Hall–Kier alpha value is -0.610. The Morgan fingerprint density at radius 2 is 2.08 bits per heavy atom. The first-order chi connectivity index (χ1) is 5.95. The molecular weight excluding hydrogens is 189 g/mol. The maximum atomic E-state index is 13.2. The molecule has 0 atom stereocenters. The van der Waals surface area contributed by atoms with Gasteiger partial charge in [0.15, 0.2) is 0 Å². The van der Waals surface area contributed by atoms with Crippen LogP contribution in [0.25, 0.3) is 0 Å². The summed E-state index contributed by atoms with van der Waals surface area (Å²) < 4.78 is 13.2. The maximum absolute atomic E-state index is 13.2. The van der Waals surface area contributed by atoms with E-state index < -0.39 is 11.5 Å². The summed E-state index contributed by atoms with van der Waals surface area (Å²) in [7, 11) is 0. The van der Waals surface area contributed by atoms with Gasteiger partial charge in [0.05, 0.1) is 10.6 Å². The number of halogens is 1. The van der Waals surface area contributed by atoms with Crippen LogP contribution in [-0.2, 0) is 5.60 Å². The highest BCUT2D eigenvalue weighted by atomic mass is 32.2. The van der Waals surface area contributed by atoms with Crippen molar-refractivity contribution in [2.75, 3.05) is 6.26 Å². The molecule has 0 radical (unpaired) electrons. The molecule has 13 heavy (non-hydrogen) atoms. The average molecular weight is 201 g/mol. The van der Waals surface area contributed by atoms with Crippen LogP contribution in [0, 0.1) is 5.95 Å². The first kappa shape index (κ1) is 10.5. The summed E-state index contributed by atoms with van der Waals surface area (Å²) in [5.41, 5.74) is -0.945. The van der Waals surface area contributed by atoms with Crippen molar-refractivity contribution < 1.29 is 9.50 Å². The number of hydrogen-bond donors (Lipinski definition) is 1. The van der Waals surface area contributed by atoms with E-state index in [1.165, 1.54) is 25.6 Å². The molecule has 0 aliphatic heterocycles. The van der Waals surface area contributed by atoms with E-state index in [0.717, 1.165) is 0 Å². The van der Waals surface area contributed by atoms with Crippen LogP contribution in [0.4, 0.5) is 4.39 Å². The minimum Gasteiger partial charge on any atom is -0.386 e.